The molecule has 0 aromatic heterocycles. The molecule has 0 heterocycles. The first-order valence-electron chi connectivity index (χ1n) is 36.0. The van der Waals surface area contributed by atoms with Crippen LogP contribution in [-0.4, -0.2) is 82.9 Å². The summed E-state index contributed by atoms with van der Waals surface area (Å²) in [6.45, 7) is 22.8. The zero-order valence-corrected chi connectivity index (χ0v) is 65.0. The van der Waals surface area contributed by atoms with Gasteiger partial charge in [0.2, 0.25) is 5.91 Å². The van der Waals surface area contributed by atoms with Gasteiger partial charge in [0.05, 0.1) is 17.9 Å². The SMILES string of the molecule is CC(=O)C(C)c1ccc(COc2cccc(C(CC(=O)OC(C)(C)C)C(=O)c3c(F)cccc3F)c2)cc1.CC(=O)Cc1ccc(COc2cccc(N(CC(=O)OC(C)(C)C)C(=O)c3c(F)cccc3F)c2)cc1.CCc1cc(-c2cccc(N(CC(=O)OC(C)(C)C)C(=O)c3c(F)cccc3F)c2)ccc1NC(C)=O. The monoisotopic (exact) mass is 1540 g/mol. The van der Waals surface area contributed by atoms with E-state index in [4.69, 9.17) is 23.7 Å². The lowest BCUT2D eigenvalue weighted by atomic mass is 9.87. The largest absolute Gasteiger partial charge is 0.489 e. The third-order valence-corrected chi connectivity index (χ3v) is 16.6. The lowest BCUT2D eigenvalue weighted by Crippen LogP contribution is -2.39. The van der Waals surface area contributed by atoms with Crippen LogP contribution in [0.15, 0.2) is 194 Å². The maximum atomic E-state index is 14.5. The van der Waals surface area contributed by atoms with Crippen molar-refractivity contribution in [3.8, 4) is 22.6 Å². The summed E-state index contributed by atoms with van der Waals surface area (Å²) in [4.78, 5) is 114. The van der Waals surface area contributed by atoms with E-state index in [0.717, 1.165) is 91.7 Å². The average Bonchev–Trinajstić information content (AvgIpc) is 0.808. The topological polar surface area (TPSA) is 218 Å². The van der Waals surface area contributed by atoms with Crippen LogP contribution in [0.3, 0.4) is 0 Å². The molecule has 0 aliphatic carbocycles. The van der Waals surface area contributed by atoms with Crippen molar-refractivity contribution in [3.05, 3.63) is 279 Å². The molecular weight excluding hydrogens is 1450 g/mol. The molecule has 9 aromatic carbocycles. The van der Waals surface area contributed by atoms with Gasteiger partial charge in [0.15, 0.2) is 5.78 Å². The number of hydrogen-bond donors (Lipinski definition) is 1. The molecule has 588 valence electrons. The molecule has 0 radical (unpaired) electrons. The molecule has 2 atom stereocenters. The maximum Gasteiger partial charge on any atom is 0.326 e. The third kappa shape index (κ3) is 26.1. The second-order valence-corrected chi connectivity index (χ2v) is 29.3. The van der Waals surface area contributed by atoms with Crippen LogP contribution in [0, 0.1) is 34.9 Å². The number of hydrogen-bond acceptors (Lipinski definition) is 14. The highest BCUT2D eigenvalue weighted by Gasteiger charge is 2.34. The minimum atomic E-state index is -1.19. The smallest absolute Gasteiger partial charge is 0.326 e. The number of carbonyl (C=O) groups excluding carboxylic acids is 9. The van der Waals surface area contributed by atoms with Gasteiger partial charge in [0.1, 0.15) is 112 Å². The van der Waals surface area contributed by atoms with Gasteiger partial charge in [-0.3, -0.25) is 53.0 Å². The number of esters is 3. The van der Waals surface area contributed by atoms with Gasteiger partial charge in [-0.2, -0.15) is 0 Å². The summed E-state index contributed by atoms with van der Waals surface area (Å²) in [6, 6.07) is 49.4. The highest BCUT2D eigenvalue weighted by atomic mass is 19.2. The Bertz CT molecular complexity index is 4830. The summed E-state index contributed by atoms with van der Waals surface area (Å²) in [5.74, 6) is -11.8. The van der Waals surface area contributed by atoms with E-state index in [1.54, 1.807) is 130 Å². The van der Waals surface area contributed by atoms with Gasteiger partial charge in [0, 0.05) is 42.4 Å². The fraction of sp³-hybridized carbons (Fsp3) is 0.292. The Morgan fingerprint density at radius 1 is 0.429 bits per heavy atom. The van der Waals surface area contributed by atoms with Crippen molar-refractivity contribution in [2.45, 2.75) is 158 Å². The number of aryl methyl sites for hydroxylation is 1. The van der Waals surface area contributed by atoms with Crippen LogP contribution in [0.1, 0.15) is 180 Å². The van der Waals surface area contributed by atoms with E-state index in [9.17, 15) is 69.5 Å². The van der Waals surface area contributed by atoms with Crippen LogP contribution in [0.25, 0.3) is 11.1 Å². The van der Waals surface area contributed by atoms with Gasteiger partial charge in [-0.15, -0.1) is 0 Å². The number of nitrogens with zero attached hydrogens (tertiary/aromatic N) is 2. The Kier molecular flexibility index (Phi) is 30.4. The number of ether oxygens (including phenoxy) is 5. The van der Waals surface area contributed by atoms with Gasteiger partial charge in [-0.25, -0.2) is 26.3 Å². The van der Waals surface area contributed by atoms with Crippen molar-refractivity contribution in [1.82, 2.24) is 0 Å². The van der Waals surface area contributed by atoms with Crippen LogP contribution in [0.5, 0.6) is 11.5 Å². The number of nitrogens with one attached hydrogen (secondary N) is 1. The molecule has 0 bridgehead atoms. The summed E-state index contributed by atoms with van der Waals surface area (Å²) in [5, 5.41) is 2.80. The summed E-state index contributed by atoms with van der Waals surface area (Å²) in [6.07, 6.45) is 0.620. The van der Waals surface area contributed by atoms with Crippen molar-refractivity contribution in [2.75, 3.05) is 28.2 Å². The molecule has 23 heteroatoms. The molecule has 112 heavy (non-hydrogen) atoms. The predicted octanol–water partition coefficient (Wildman–Crippen LogP) is 18.7. The van der Waals surface area contributed by atoms with Gasteiger partial charge < -0.3 is 29.0 Å². The molecular formula is C89H91F6N3O14. The molecule has 0 spiro atoms. The number of anilines is 3. The van der Waals surface area contributed by atoms with Crippen LogP contribution >= 0.6 is 0 Å². The first-order valence-corrected chi connectivity index (χ1v) is 36.0. The zero-order chi connectivity index (χ0) is 82.5. The second-order valence-electron chi connectivity index (χ2n) is 29.3. The van der Waals surface area contributed by atoms with Gasteiger partial charge in [-0.05, 0) is 212 Å². The Labute approximate surface area is 648 Å². The minimum absolute atomic E-state index is 0.0709. The molecule has 9 aromatic rings. The van der Waals surface area contributed by atoms with E-state index in [2.05, 4.69) is 5.32 Å². The van der Waals surface area contributed by atoms with Crippen LogP contribution in [-0.2, 0) is 69.0 Å². The number of rotatable bonds is 26. The third-order valence-electron chi connectivity index (χ3n) is 16.6. The van der Waals surface area contributed by atoms with E-state index in [-0.39, 0.29) is 48.0 Å². The molecule has 17 nitrogen and oxygen atoms in total. The molecule has 0 aliphatic heterocycles. The Balaban J connectivity index is 0.000000233. The average molecular weight is 1540 g/mol. The molecule has 3 amide bonds. The van der Waals surface area contributed by atoms with Crippen molar-refractivity contribution in [2.24, 2.45) is 0 Å². The van der Waals surface area contributed by atoms with Gasteiger partial charge in [-0.1, -0.05) is 117 Å². The van der Waals surface area contributed by atoms with Gasteiger partial charge >= 0.3 is 17.9 Å². The summed E-state index contributed by atoms with van der Waals surface area (Å²) in [5.41, 5.74) is 2.81. The number of amides is 3. The minimum Gasteiger partial charge on any atom is -0.489 e. The molecule has 0 saturated carbocycles. The molecule has 9 rings (SSSR count). The highest BCUT2D eigenvalue weighted by Crippen LogP contribution is 2.34. The normalized spacial score (nSPS) is 11.7. The Morgan fingerprint density at radius 3 is 1.28 bits per heavy atom. The van der Waals surface area contributed by atoms with Crippen molar-refractivity contribution < 1.29 is 93.2 Å². The van der Waals surface area contributed by atoms with E-state index in [1.807, 2.05) is 80.6 Å². The summed E-state index contributed by atoms with van der Waals surface area (Å²) >= 11 is 0. The van der Waals surface area contributed by atoms with Crippen molar-refractivity contribution in [1.29, 1.82) is 0 Å². The van der Waals surface area contributed by atoms with E-state index in [0.29, 0.717) is 41.2 Å². The maximum absolute atomic E-state index is 14.5. The summed E-state index contributed by atoms with van der Waals surface area (Å²) in [7, 11) is 0. The van der Waals surface area contributed by atoms with E-state index in [1.165, 1.54) is 32.0 Å². The number of carbonyl (C=O) groups is 9. The number of halogens is 6. The number of benzene rings is 9. The van der Waals surface area contributed by atoms with E-state index < -0.39 is 129 Å². The lowest BCUT2D eigenvalue weighted by molar-refractivity contribution is -0.155. The number of Topliss-reactive ketones (excluding diaryl/α,β-unsaturated/α-hetero) is 3. The lowest BCUT2D eigenvalue weighted by Gasteiger charge is -2.26. The Morgan fingerprint density at radius 2 is 0.830 bits per heavy atom. The molecule has 0 fully saturated rings. The quantitative estimate of drug-likeness (QED) is 0.0231. The van der Waals surface area contributed by atoms with Crippen LogP contribution < -0.4 is 24.6 Å². The van der Waals surface area contributed by atoms with Crippen molar-refractivity contribution in [3.63, 3.8) is 0 Å². The zero-order valence-electron chi connectivity index (χ0n) is 65.0. The fourth-order valence-electron chi connectivity index (χ4n) is 11.4. The van der Waals surface area contributed by atoms with Crippen molar-refractivity contribution >= 4 is 70.0 Å². The first kappa shape index (κ1) is 87.2. The standard InChI is InChI=1S/C31H32F2O5.C29H30F2N2O4.C29H29F2NO5/c1-19(20(2)34)22-14-12-21(13-15-22)18-37-24-9-6-8-23(16-24)25(17-28(35)38-31(3,4)5)30(36)29-26(32)10-7-11-27(29)33;1-6-19-15-21(13-14-25(19)32-18(2)34)20-9-7-10-22(16-20)33(17-26(35)37-29(3,4)5)28(36)27-23(30)11-8-12-24(27)31;1-19(33)15-20-11-13-21(14-12-20)18-36-23-8-5-7-22(16-23)32(17-26(34)37-29(2,3)4)28(35)27-24(30)9-6-10-25(27)31/h6-16,19,25H,17-18H2,1-5H3;7-16H,6,17H2,1-5H3,(H,32,34);5-14,16H,15,17-18H2,1-4H3. The predicted molar refractivity (Wildman–Crippen MR) is 415 cm³/mol. The molecule has 0 aliphatic rings. The van der Waals surface area contributed by atoms with Crippen LogP contribution in [0.4, 0.5) is 43.4 Å². The summed E-state index contributed by atoms with van der Waals surface area (Å²) < 4.78 is 115. The Hall–Kier alpha value is -12.0. The van der Waals surface area contributed by atoms with Crippen LogP contribution in [0.2, 0.25) is 0 Å². The van der Waals surface area contributed by atoms with Gasteiger partial charge in [0.25, 0.3) is 11.8 Å². The second kappa shape index (κ2) is 39.1. The fourth-order valence-corrected chi connectivity index (χ4v) is 11.4. The molecule has 1 N–H and O–H groups in total. The number of ketones is 3. The van der Waals surface area contributed by atoms with E-state index >= 15 is 0 Å². The molecule has 2 unspecified atom stereocenters. The molecule has 0 saturated heterocycles. The highest BCUT2D eigenvalue weighted by molar-refractivity contribution is 6.10. The first-order chi connectivity index (χ1) is 52.7.